The van der Waals surface area contributed by atoms with Gasteiger partial charge in [-0.1, -0.05) is 30.3 Å². The van der Waals surface area contributed by atoms with Gasteiger partial charge in [-0.05, 0) is 39.7 Å². The quantitative estimate of drug-likeness (QED) is 0.307. The number of amides is 1. The maximum atomic E-state index is 11.7. The number of benzene rings is 1. The average molecular weight is 429 g/mol. The number of guanidine groups is 1. The second kappa shape index (κ2) is 12.6. The van der Waals surface area contributed by atoms with Crippen molar-refractivity contribution in [2.45, 2.75) is 52.7 Å². The summed E-state index contributed by atoms with van der Waals surface area (Å²) in [6.07, 6.45) is 4.99. The van der Waals surface area contributed by atoms with Crippen LogP contribution in [0.1, 0.15) is 45.5 Å². The summed E-state index contributed by atoms with van der Waals surface area (Å²) in [5, 5.41) is 9.35. The van der Waals surface area contributed by atoms with Crippen LogP contribution < -0.4 is 16.0 Å². The smallest absolute Gasteiger partial charge is 0.407 e. The largest absolute Gasteiger partial charge is 0.444 e. The van der Waals surface area contributed by atoms with Crippen LogP contribution in [-0.4, -0.2) is 53.4 Å². The van der Waals surface area contributed by atoms with Crippen molar-refractivity contribution in [3.63, 3.8) is 0 Å². The van der Waals surface area contributed by atoms with Gasteiger partial charge in [-0.25, -0.2) is 9.78 Å². The lowest BCUT2D eigenvalue weighted by Gasteiger charge is -2.19. The molecule has 170 valence electrons. The topological polar surface area (TPSA) is 92.6 Å². The van der Waals surface area contributed by atoms with Gasteiger partial charge in [0, 0.05) is 51.5 Å². The molecule has 8 nitrogen and oxygen atoms in total. The fraction of sp³-hybridized carbons (Fsp3) is 0.522. The molecule has 1 heterocycles. The Morgan fingerprint density at radius 3 is 2.61 bits per heavy atom. The van der Waals surface area contributed by atoms with E-state index in [0.717, 1.165) is 44.3 Å². The Morgan fingerprint density at radius 1 is 1.13 bits per heavy atom. The van der Waals surface area contributed by atoms with E-state index in [-0.39, 0.29) is 0 Å². The van der Waals surface area contributed by atoms with Gasteiger partial charge in [0.2, 0.25) is 0 Å². The van der Waals surface area contributed by atoms with Gasteiger partial charge in [0.05, 0.1) is 0 Å². The highest BCUT2D eigenvalue weighted by Crippen LogP contribution is 2.07. The molecule has 2 aromatic rings. The highest BCUT2D eigenvalue weighted by Gasteiger charge is 2.15. The number of rotatable bonds is 10. The Labute approximate surface area is 185 Å². The van der Waals surface area contributed by atoms with Gasteiger partial charge in [0.25, 0.3) is 0 Å². The van der Waals surface area contributed by atoms with E-state index < -0.39 is 11.7 Å². The van der Waals surface area contributed by atoms with Crippen molar-refractivity contribution in [3.8, 4) is 0 Å². The van der Waals surface area contributed by atoms with Crippen molar-refractivity contribution in [2.24, 2.45) is 4.99 Å². The van der Waals surface area contributed by atoms with Gasteiger partial charge >= 0.3 is 6.09 Å². The van der Waals surface area contributed by atoms with Crippen LogP contribution in [0.15, 0.2) is 47.7 Å². The Morgan fingerprint density at radius 2 is 1.90 bits per heavy atom. The molecule has 0 bridgehead atoms. The molecule has 0 aliphatic rings. The van der Waals surface area contributed by atoms with Crippen molar-refractivity contribution in [1.29, 1.82) is 0 Å². The van der Waals surface area contributed by atoms with Crippen LogP contribution in [0.2, 0.25) is 0 Å². The minimum Gasteiger partial charge on any atom is -0.444 e. The number of carbonyl (C=O) groups excluding carboxylic acids is 1. The lowest BCUT2D eigenvalue weighted by molar-refractivity contribution is 0.0527. The normalized spacial score (nSPS) is 11.8. The minimum absolute atomic E-state index is 0.396. The van der Waals surface area contributed by atoms with E-state index in [1.165, 1.54) is 5.56 Å². The summed E-state index contributed by atoms with van der Waals surface area (Å²) < 4.78 is 7.39. The predicted molar refractivity (Wildman–Crippen MR) is 124 cm³/mol. The zero-order chi connectivity index (χ0) is 22.5. The van der Waals surface area contributed by atoms with Gasteiger partial charge in [-0.15, -0.1) is 0 Å². The number of hydrogen-bond donors (Lipinski definition) is 3. The number of carbonyl (C=O) groups is 1. The highest BCUT2D eigenvalue weighted by molar-refractivity contribution is 5.79. The summed E-state index contributed by atoms with van der Waals surface area (Å²) in [6.45, 7) is 11.0. The van der Waals surface area contributed by atoms with E-state index in [1.807, 2.05) is 46.2 Å². The summed E-state index contributed by atoms with van der Waals surface area (Å²) in [7, 11) is 0. The van der Waals surface area contributed by atoms with Crippen LogP contribution >= 0.6 is 0 Å². The first-order valence-corrected chi connectivity index (χ1v) is 10.9. The third-order valence-corrected chi connectivity index (χ3v) is 4.26. The van der Waals surface area contributed by atoms with Crippen molar-refractivity contribution in [3.05, 3.63) is 54.1 Å². The summed E-state index contributed by atoms with van der Waals surface area (Å²) in [5.74, 6) is 1.80. The first kappa shape index (κ1) is 24.2. The lowest BCUT2D eigenvalue weighted by atomic mass is 10.2. The zero-order valence-corrected chi connectivity index (χ0v) is 19.1. The van der Waals surface area contributed by atoms with E-state index in [2.05, 4.69) is 54.8 Å². The number of aliphatic imine (C=N–C) groups is 1. The Balaban J connectivity index is 1.73. The predicted octanol–water partition coefficient (Wildman–Crippen LogP) is 2.94. The molecule has 0 aliphatic carbocycles. The molecule has 8 heteroatoms. The molecule has 0 unspecified atom stereocenters. The molecule has 2 rings (SSSR count). The van der Waals surface area contributed by atoms with Gasteiger partial charge in [0.1, 0.15) is 11.4 Å². The molecule has 0 aliphatic heterocycles. The van der Waals surface area contributed by atoms with Gasteiger partial charge in [-0.2, -0.15) is 0 Å². The van der Waals surface area contributed by atoms with Crippen LogP contribution in [0.25, 0.3) is 0 Å². The summed E-state index contributed by atoms with van der Waals surface area (Å²) in [6, 6.07) is 10.4. The average Bonchev–Trinajstić information content (AvgIpc) is 3.14. The summed E-state index contributed by atoms with van der Waals surface area (Å²) in [4.78, 5) is 20.7. The number of nitrogens with zero attached hydrogens (tertiary/aromatic N) is 3. The monoisotopic (exact) mass is 428 g/mol. The third-order valence-electron chi connectivity index (χ3n) is 4.26. The van der Waals surface area contributed by atoms with E-state index in [1.54, 1.807) is 0 Å². The molecule has 1 aromatic heterocycles. The van der Waals surface area contributed by atoms with Crippen molar-refractivity contribution in [1.82, 2.24) is 25.5 Å². The van der Waals surface area contributed by atoms with Crippen molar-refractivity contribution < 1.29 is 9.53 Å². The fourth-order valence-electron chi connectivity index (χ4n) is 2.90. The van der Waals surface area contributed by atoms with Crippen LogP contribution in [0.3, 0.4) is 0 Å². The van der Waals surface area contributed by atoms with Crippen LogP contribution in [-0.2, 0) is 17.7 Å². The number of nitrogens with one attached hydrogen (secondary N) is 3. The zero-order valence-electron chi connectivity index (χ0n) is 19.1. The maximum absolute atomic E-state index is 11.7. The van der Waals surface area contributed by atoms with E-state index in [9.17, 15) is 4.79 Å². The molecular weight excluding hydrogens is 392 g/mol. The molecule has 0 saturated heterocycles. The van der Waals surface area contributed by atoms with Gasteiger partial charge in [0.15, 0.2) is 5.96 Å². The first-order chi connectivity index (χ1) is 14.9. The van der Waals surface area contributed by atoms with Crippen LogP contribution in [0.5, 0.6) is 0 Å². The molecular formula is C23H36N6O2. The molecule has 0 saturated carbocycles. The molecule has 1 amide bonds. The first-order valence-electron chi connectivity index (χ1n) is 10.9. The standard InChI is InChI=1S/C23H36N6O2/c1-5-24-21(26-13-9-14-28-22(30)31-23(2,3)4)27-15-12-20-25-16-17-29(20)18-19-10-7-6-8-11-19/h6-8,10-11,16-17H,5,9,12-15,18H2,1-4H3,(H,28,30)(H2,24,26,27). The Hall–Kier alpha value is -3.03. The number of hydrogen-bond acceptors (Lipinski definition) is 4. The second-order valence-electron chi connectivity index (χ2n) is 8.18. The number of imidazole rings is 1. The highest BCUT2D eigenvalue weighted by atomic mass is 16.6. The van der Waals surface area contributed by atoms with Gasteiger partial charge < -0.3 is 25.3 Å². The van der Waals surface area contributed by atoms with Crippen molar-refractivity contribution >= 4 is 12.1 Å². The minimum atomic E-state index is -0.486. The molecule has 0 fully saturated rings. The SMILES string of the molecule is CCNC(=NCCCNC(=O)OC(C)(C)C)NCCc1nccn1Cc1ccccc1. The van der Waals surface area contributed by atoms with Crippen LogP contribution in [0.4, 0.5) is 4.79 Å². The molecule has 31 heavy (non-hydrogen) atoms. The molecule has 0 radical (unpaired) electrons. The second-order valence-corrected chi connectivity index (χ2v) is 8.18. The van der Waals surface area contributed by atoms with Gasteiger partial charge in [-0.3, -0.25) is 4.99 Å². The molecule has 0 atom stereocenters. The molecule has 1 aromatic carbocycles. The van der Waals surface area contributed by atoms with Crippen molar-refractivity contribution in [2.75, 3.05) is 26.2 Å². The fourth-order valence-corrected chi connectivity index (χ4v) is 2.90. The van der Waals surface area contributed by atoms with E-state index >= 15 is 0 Å². The van der Waals surface area contributed by atoms with E-state index in [0.29, 0.717) is 13.1 Å². The number of aromatic nitrogens is 2. The summed E-state index contributed by atoms with van der Waals surface area (Å²) in [5.41, 5.74) is 0.768. The number of alkyl carbamates (subject to hydrolysis) is 1. The number of ether oxygens (including phenoxy) is 1. The Kier molecular flexibility index (Phi) is 9.87. The third kappa shape index (κ3) is 10.0. The van der Waals surface area contributed by atoms with Crippen LogP contribution in [0, 0.1) is 0 Å². The van der Waals surface area contributed by atoms with E-state index in [4.69, 9.17) is 4.74 Å². The summed E-state index contributed by atoms with van der Waals surface area (Å²) >= 11 is 0. The molecule has 0 spiro atoms. The lowest BCUT2D eigenvalue weighted by Crippen LogP contribution is -2.38. The maximum Gasteiger partial charge on any atom is 0.407 e. The Bertz CT molecular complexity index is 811. The molecule has 3 N–H and O–H groups in total.